The van der Waals surface area contributed by atoms with E-state index in [1.165, 1.54) is 0 Å². The highest BCUT2D eigenvalue weighted by Crippen LogP contribution is 2.57. The summed E-state index contributed by atoms with van der Waals surface area (Å²) in [6.45, 7) is 13.6. The number of ketones is 1. The van der Waals surface area contributed by atoms with Crippen LogP contribution in [0.15, 0.2) is 30.3 Å². The largest absolute Gasteiger partial charge is 0.414 e. The van der Waals surface area contributed by atoms with Crippen molar-refractivity contribution in [2.24, 2.45) is 17.8 Å². The van der Waals surface area contributed by atoms with Crippen LogP contribution < -0.4 is 0 Å². The first-order valence-corrected chi connectivity index (χ1v) is 16.0. The van der Waals surface area contributed by atoms with Crippen LogP contribution in [0.2, 0.25) is 18.1 Å². The zero-order valence-corrected chi connectivity index (χ0v) is 22.8. The number of benzene rings is 1. The van der Waals surface area contributed by atoms with Crippen LogP contribution in [0, 0.1) is 17.8 Å². The van der Waals surface area contributed by atoms with Gasteiger partial charge in [-0.1, -0.05) is 58.0 Å². The molecule has 4 rings (SSSR count). The molecule has 6 heteroatoms. The van der Waals surface area contributed by atoms with Crippen molar-refractivity contribution in [1.29, 1.82) is 0 Å². The van der Waals surface area contributed by atoms with Gasteiger partial charge in [0.2, 0.25) is 0 Å². The van der Waals surface area contributed by atoms with E-state index in [2.05, 4.69) is 33.9 Å². The van der Waals surface area contributed by atoms with E-state index in [-0.39, 0.29) is 28.9 Å². The summed E-state index contributed by atoms with van der Waals surface area (Å²) in [6, 6.07) is 9.97. The van der Waals surface area contributed by atoms with Gasteiger partial charge in [-0.2, -0.15) is 0 Å². The first-order chi connectivity index (χ1) is 15.8. The summed E-state index contributed by atoms with van der Waals surface area (Å²) < 4.78 is 13.1. The van der Waals surface area contributed by atoms with Crippen molar-refractivity contribution in [2.75, 3.05) is 0 Å². The maximum atomic E-state index is 13.3. The zero-order valence-electron chi connectivity index (χ0n) is 21.8. The number of carbonyl (C=O) groups is 1. The van der Waals surface area contributed by atoms with Gasteiger partial charge in [-0.25, -0.2) is 0 Å². The third-order valence-electron chi connectivity index (χ3n) is 9.73. The lowest BCUT2D eigenvalue weighted by Crippen LogP contribution is -2.64. The quantitative estimate of drug-likeness (QED) is 0.554. The fourth-order valence-electron chi connectivity index (χ4n) is 6.63. The molecule has 0 unspecified atom stereocenters. The fourth-order valence-corrected chi connectivity index (χ4v) is 8.06. The minimum atomic E-state index is -2.05. The lowest BCUT2D eigenvalue weighted by molar-refractivity contribution is -0.210. The Hall–Kier alpha value is -1.05. The van der Waals surface area contributed by atoms with Crippen molar-refractivity contribution in [3.63, 3.8) is 0 Å². The first kappa shape index (κ1) is 26.0. The molecule has 7 atom stereocenters. The second-order valence-corrected chi connectivity index (χ2v) is 17.4. The first-order valence-electron chi connectivity index (χ1n) is 13.1. The standard InChI is InChI=1S/C28H44O5Si/c1-19-23(33-34(5,6)26(2,3)4)13-12-21-22(29)16-17-27(30)24(28(19,21)31)14-15-25(27)32-18-20-10-8-7-9-11-20/h7-11,19,21,23-25,30-31H,12-18H2,1-6H3/t19-,21-,23+,24+,25-,27-,28-/m1/s1. The molecular weight excluding hydrogens is 444 g/mol. The van der Waals surface area contributed by atoms with E-state index >= 15 is 0 Å². The summed E-state index contributed by atoms with van der Waals surface area (Å²) in [6.07, 6.45) is 2.92. The van der Waals surface area contributed by atoms with Gasteiger partial charge in [0.15, 0.2) is 8.32 Å². The van der Waals surface area contributed by atoms with Crippen LogP contribution in [0.1, 0.15) is 71.8 Å². The molecule has 3 fully saturated rings. The predicted molar refractivity (Wildman–Crippen MR) is 136 cm³/mol. The number of Topliss-reactive ketones (excluding diaryl/α,β-unsaturated/α-hetero) is 1. The van der Waals surface area contributed by atoms with Gasteiger partial charge in [0.25, 0.3) is 0 Å². The molecule has 0 aliphatic heterocycles. The summed E-state index contributed by atoms with van der Waals surface area (Å²) in [5.74, 6) is -0.969. The maximum absolute atomic E-state index is 13.3. The van der Waals surface area contributed by atoms with E-state index in [9.17, 15) is 15.0 Å². The molecule has 2 N–H and O–H groups in total. The van der Waals surface area contributed by atoms with Crippen LogP contribution in [0.25, 0.3) is 0 Å². The maximum Gasteiger partial charge on any atom is 0.192 e. The van der Waals surface area contributed by atoms with E-state index in [1.807, 2.05) is 37.3 Å². The normalized spacial score (nSPS) is 38.8. The molecule has 0 radical (unpaired) electrons. The lowest BCUT2D eigenvalue weighted by Gasteiger charge is -2.54. The third kappa shape index (κ3) is 4.34. The molecule has 5 nitrogen and oxygen atoms in total. The van der Waals surface area contributed by atoms with Crippen molar-refractivity contribution in [1.82, 2.24) is 0 Å². The van der Waals surface area contributed by atoms with Gasteiger partial charge in [0, 0.05) is 24.2 Å². The molecule has 3 saturated carbocycles. The molecule has 1 aromatic rings. The number of hydrogen-bond acceptors (Lipinski definition) is 5. The highest BCUT2D eigenvalue weighted by Gasteiger charge is 2.66. The summed E-state index contributed by atoms with van der Waals surface area (Å²) in [5.41, 5.74) is -1.43. The smallest absolute Gasteiger partial charge is 0.192 e. The second-order valence-electron chi connectivity index (χ2n) is 12.6. The molecule has 0 spiro atoms. The van der Waals surface area contributed by atoms with E-state index in [0.29, 0.717) is 38.7 Å². The van der Waals surface area contributed by atoms with E-state index in [1.54, 1.807) is 0 Å². The molecule has 1 aromatic carbocycles. The van der Waals surface area contributed by atoms with Crippen LogP contribution >= 0.6 is 0 Å². The van der Waals surface area contributed by atoms with Gasteiger partial charge in [-0.05, 0) is 55.8 Å². The number of fused-ring (bicyclic) bond motifs is 3. The Morgan fingerprint density at radius 2 is 1.74 bits per heavy atom. The molecule has 0 amide bonds. The number of rotatable bonds is 5. The monoisotopic (exact) mass is 488 g/mol. The van der Waals surface area contributed by atoms with Gasteiger partial charge in [-0.3, -0.25) is 4.79 Å². The van der Waals surface area contributed by atoms with Crippen LogP contribution in [0.5, 0.6) is 0 Å². The molecule has 34 heavy (non-hydrogen) atoms. The van der Waals surface area contributed by atoms with Gasteiger partial charge >= 0.3 is 0 Å². The average molecular weight is 489 g/mol. The molecule has 0 heterocycles. The molecular formula is C28H44O5Si. The van der Waals surface area contributed by atoms with E-state index < -0.39 is 31.4 Å². The Labute approximate surface area is 206 Å². The number of carbonyl (C=O) groups excluding carboxylic acids is 1. The fraction of sp³-hybridized carbons (Fsp3) is 0.750. The molecule has 0 bridgehead atoms. The number of hydrogen-bond donors (Lipinski definition) is 2. The predicted octanol–water partition coefficient (Wildman–Crippen LogP) is 5.24. The topological polar surface area (TPSA) is 76.0 Å². The highest BCUT2D eigenvalue weighted by atomic mass is 28.4. The number of ether oxygens (including phenoxy) is 1. The van der Waals surface area contributed by atoms with E-state index in [4.69, 9.17) is 9.16 Å². The SMILES string of the molecule is C[C@@H]1[C@@H](O[Si](C)(C)C(C)(C)C)CC[C@@H]2C(=O)CC[C@]3(O)[C@H](OCc4ccccc4)CC[C@@H]3[C@]21O. The van der Waals surface area contributed by atoms with Crippen molar-refractivity contribution in [3.05, 3.63) is 35.9 Å². The number of aliphatic hydroxyl groups is 2. The minimum absolute atomic E-state index is 0.0654. The summed E-state index contributed by atoms with van der Waals surface area (Å²) in [5, 5.41) is 24.5. The van der Waals surface area contributed by atoms with Crippen molar-refractivity contribution < 1.29 is 24.2 Å². The van der Waals surface area contributed by atoms with Crippen molar-refractivity contribution in [3.8, 4) is 0 Å². The van der Waals surface area contributed by atoms with Crippen LogP contribution in [-0.2, 0) is 20.6 Å². The minimum Gasteiger partial charge on any atom is -0.414 e. The van der Waals surface area contributed by atoms with Crippen molar-refractivity contribution >= 4 is 14.1 Å². The molecule has 190 valence electrons. The van der Waals surface area contributed by atoms with Gasteiger partial charge in [-0.15, -0.1) is 0 Å². The van der Waals surface area contributed by atoms with Crippen molar-refractivity contribution in [2.45, 2.75) is 114 Å². The molecule has 0 saturated heterocycles. The molecule has 3 aliphatic carbocycles. The Morgan fingerprint density at radius 3 is 2.38 bits per heavy atom. The van der Waals surface area contributed by atoms with Gasteiger partial charge in [0.1, 0.15) is 5.78 Å². The average Bonchev–Trinajstić information content (AvgIpc) is 3.06. The van der Waals surface area contributed by atoms with Crippen LogP contribution in [-0.4, -0.2) is 47.7 Å². The highest BCUT2D eigenvalue weighted by molar-refractivity contribution is 6.74. The second kappa shape index (κ2) is 9.11. The van der Waals surface area contributed by atoms with Crippen LogP contribution in [0.4, 0.5) is 0 Å². The molecule has 0 aromatic heterocycles. The Kier molecular flexibility index (Phi) is 6.97. The Bertz CT molecular complexity index is 881. The van der Waals surface area contributed by atoms with Crippen LogP contribution in [0.3, 0.4) is 0 Å². The zero-order chi connectivity index (χ0) is 24.9. The third-order valence-corrected chi connectivity index (χ3v) is 14.2. The lowest BCUT2D eigenvalue weighted by atomic mass is 9.59. The summed E-state index contributed by atoms with van der Waals surface area (Å²) in [4.78, 5) is 13.3. The summed E-state index contributed by atoms with van der Waals surface area (Å²) >= 11 is 0. The Morgan fingerprint density at radius 1 is 1.06 bits per heavy atom. The van der Waals surface area contributed by atoms with Gasteiger partial charge in [0.05, 0.1) is 30.0 Å². The summed E-state index contributed by atoms with van der Waals surface area (Å²) in [7, 11) is -2.05. The van der Waals surface area contributed by atoms with Gasteiger partial charge < -0.3 is 19.4 Å². The van der Waals surface area contributed by atoms with E-state index in [0.717, 1.165) is 12.0 Å². The Balaban J connectivity index is 1.60. The molecule has 3 aliphatic rings.